The quantitative estimate of drug-likeness (QED) is 0.473. The van der Waals surface area contributed by atoms with Crippen molar-refractivity contribution in [2.24, 2.45) is 0 Å². The summed E-state index contributed by atoms with van der Waals surface area (Å²) in [6, 6.07) is 7.64. The van der Waals surface area contributed by atoms with Gasteiger partial charge >= 0.3 is 0 Å². The van der Waals surface area contributed by atoms with E-state index in [2.05, 4.69) is 4.98 Å². The number of nitrogens with zero attached hydrogens (tertiary/aromatic N) is 2. The van der Waals surface area contributed by atoms with Gasteiger partial charge in [-0.2, -0.15) is 0 Å². The lowest BCUT2D eigenvalue weighted by Crippen LogP contribution is -1.99. The fourth-order valence-electron chi connectivity index (χ4n) is 2.89. The van der Waals surface area contributed by atoms with Crippen molar-refractivity contribution in [2.45, 2.75) is 30.7 Å². The van der Waals surface area contributed by atoms with Crippen LogP contribution >= 0.6 is 22.9 Å². The van der Waals surface area contributed by atoms with Crippen LogP contribution in [0.2, 0.25) is 5.02 Å². The number of hydrogen-bond donors (Lipinski definition) is 0. The maximum atomic E-state index is 6.25. The molecule has 0 unspecified atom stereocenters. The van der Waals surface area contributed by atoms with Crippen molar-refractivity contribution in [3.05, 3.63) is 39.7 Å². The minimum atomic E-state index is 0.636. The van der Waals surface area contributed by atoms with Gasteiger partial charge in [-0.1, -0.05) is 28.8 Å². The van der Waals surface area contributed by atoms with E-state index in [9.17, 15) is 0 Å². The van der Waals surface area contributed by atoms with Crippen LogP contribution in [0.1, 0.15) is 23.3 Å². The summed E-state index contributed by atoms with van der Waals surface area (Å²) < 4.78 is 0. The molecule has 0 saturated heterocycles. The smallest absolute Gasteiger partial charge is 0.160 e. The van der Waals surface area contributed by atoms with Crippen LogP contribution in [0.15, 0.2) is 29.3 Å². The average molecular weight is 332 g/mol. The third kappa shape index (κ3) is 2.22. The number of benzene rings is 1. The Morgan fingerprint density at radius 1 is 1.10 bits per heavy atom. The van der Waals surface area contributed by atoms with Crippen molar-refractivity contribution in [2.75, 3.05) is 0 Å². The molecule has 0 N–H and O–H groups in total. The third-order valence-corrected chi connectivity index (χ3v) is 5.71. The molecule has 0 amide bonds. The van der Waals surface area contributed by atoms with Gasteiger partial charge in [-0.05, 0) is 43.4 Å². The van der Waals surface area contributed by atoms with Crippen LogP contribution in [-0.2, 0) is 25.5 Å². The van der Waals surface area contributed by atoms with Crippen LogP contribution in [0.4, 0.5) is 0 Å². The summed E-state index contributed by atoms with van der Waals surface area (Å²) >= 11 is 13.6. The number of aromatic nitrogens is 2. The van der Waals surface area contributed by atoms with Crippen LogP contribution in [0.5, 0.6) is 0 Å². The second kappa shape index (κ2) is 5.20. The van der Waals surface area contributed by atoms with Gasteiger partial charge in [0, 0.05) is 15.8 Å². The van der Waals surface area contributed by atoms with E-state index >= 15 is 0 Å². The lowest BCUT2D eigenvalue weighted by molar-refractivity contribution is 0.699. The first kappa shape index (κ1) is 13.4. The molecular formula is C16H12ClN2S2-. The number of fused-ring (bicyclic) bond motifs is 3. The fourth-order valence-corrected chi connectivity index (χ4v) is 4.74. The molecular weight excluding hydrogens is 320 g/mol. The summed E-state index contributed by atoms with van der Waals surface area (Å²) in [5.74, 6) is 0.636. The van der Waals surface area contributed by atoms with E-state index in [1.165, 1.54) is 23.3 Å². The van der Waals surface area contributed by atoms with Crippen LogP contribution in [0, 0.1) is 0 Å². The summed E-state index contributed by atoms with van der Waals surface area (Å²) in [7, 11) is 0. The van der Waals surface area contributed by atoms with Gasteiger partial charge in [-0.15, -0.1) is 11.3 Å². The van der Waals surface area contributed by atoms with E-state index in [1.807, 2.05) is 24.3 Å². The number of rotatable bonds is 1. The standard InChI is InChI=1S/C16H13ClN2S2/c17-11-7-3-1-5-9(11)14-18-15(20)13-10-6-2-4-8-12(10)21-16(13)19-14/h1,3,5,7H,2,4,6,8H2,(H,18,19,20)/p-1. The minimum absolute atomic E-state index is 0.636. The van der Waals surface area contributed by atoms with Gasteiger partial charge < -0.3 is 12.6 Å². The first-order valence-electron chi connectivity index (χ1n) is 6.98. The predicted molar refractivity (Wildman–Crippen MR) is 90.1 cm³/mol. The van der Waals surface area contributed by atoms with Crippen molar-refractivity contribution < 1.29 is 0 Å². The van der Waals surface area contributed by atoms with Gasteiger partial charge in [0.15, 0.2) is 5.82 Å². The maximum absolute atomic E-state index is 6.25. The van der Waals surface area contributed by atoms with Crippen molar-refractivity contribution in [1.29, 1.82) is 0 Å². The minimum Gasteiger partial charge on any atom is -0.759 e. The Hall–Kier alpha value is -1.23. The highest BCUT2D eigenvalue weighted by Gasteiger charge is 2.18. The predicted octanol–water partition coefficient (Wildman–Crippen LogP) is 4.80. The van der Waals surface area contributed by atoms with Crippen molar-refractivity contribution in [3.8, 4) is 11.4 Å². The van der Waals surface area contributed by atoms with Gasteiger partial charge in [0.05, 0.1) is 5.02 Å². The summed E-state index contributed by atoms with van der Waals surface area (Å²) in [5.41, 5.74) is 2.23. The molecule has 1 aliphatic rings. The molecule has 0 saturated carbocycles. The van der Waals surface area contributed by atoms with Gasteiger partial charge in [-0.25, -0.2) is 4.98 Å². The number of halogens is 1. The van der Waals surface area contributed by atoms with Crippen molar-refractivity contribution in [1.82, 2.24) is 9.97 Å². The molecule has 1 aromatic carbocycles. The molecule has 0 spiro atoms. The molecule has 4 rings (SSSR count). The first-order valence-corrected chi connectivity index (χ1v) is 8.58. The second-order valence-corrected chi connectivity index (χ2v) is 7.10. The van der Waals surface area contributed by atoms with Crippen LogP contribution in [0.3, 0.4) is 0 Å². The van der Waals surface area contributed by atoms with Gasteiger partial charge in [0.1, 0.15) is 4.83 Å². The summed E-state index contributed by atoms with van der Waals surface area (Å²) in [6.07, 6.45) is 4.75. The van der Waals surface area contributed by atoms with Crippen LogP contribution in [-0.4, -0.2) is 9.97 Å². The van der Waals surface area contributed by atoms with E-state index < -0.39 is 0 Å². The zero-order chi connectivity index (χ0) is 14.4. The highest BCUT2D eigenvalue weighted by molar-refractivity contribution is 7.59. The highest BCUT2D eigenvalue weighted by Crippen LogP contribution is 2.38. The molecule has 2 nitrogen and oxygen atoms in total. The molecule has 0 radical (unpaired) electrons. The Bertz CT molecular complexity index is 842. The molecule has 3 aromatic rings. The lowest BCUT2D eigenvalue weighted by Gasteiger charge is -2.14. The Labute approximate surface area is 137 Å². The van der Waals surface area contributed by atoms with Crippen LogP contribution < -0.4 is 0 Å². The molecule has 1 aliphatic carbocycles. The van der Waals surface area contributed by atoms with E-state index in [4.69, 9.17) is 29.2 Å². The number of aryl methyl sites for hydroxylation is 2. The SMILES string of the molecule is [S-]c1nc(-c2ccccc2Cl)nc2sc3c(c12)CCCC3. The fraction of sp³-hybridized carbons (Fsp3) is 0.250. The maximum Gasteiger partial charge on any atom is 0.160 e. The molecule has 0 fully saturated rings. The summed E-state index contributed by atoms with van der Waals surface area (Å²) in [5, 5.41) is 2.42. The molecule has 0 bridgehead atoms. The molecule has 0 atom stereocenters. The second-order valence-electron chi connectivity index (χ2n) is 5.22. The zero-order valence-electron chi connectivity index (χ0n) is 11.2. The molecule has 0 aliphatic heterocycles. The topological polar surface area (TPSA) is 25.8 Å². The molecule has 21 heavy (non-hydrogen) atoms. The Kier molecular flexibility index (Phi) is 3.32. The lowest BCUT2D eigenvalue weighted by atomic mass is 9.97. The molecule has 5 heteroatoms. The van der Waals surface area contributed by atoms with E-state index in [-0.39, 0.29) is 0 Å². The molecule has 106 valence electrons. The Morgan fingerprint density at radius 2 is 1.90 bits per heavy atom. The number of hydrogen-bond acceptors (Lipinski definition) is 4. The Morgan fingerprint density at radius 3 is 2.76 bits per heavy atom. The van der Waals surface area contributed by atoms with Gasteiger partial charge in [-0.3, -0.25) is 4.98 Å². The summed E-state index contributed by atoms with van der Waals surface area (Å²) in [6.45, 7) is 0. The summed E-state index contributed by atoms with van der Waals surface area (Å²) in [4.78, 5) is 11.7. The first-order chi connectivity index (χ1) is 10.2. The third-order valence-electron chi connectivity index (χ3n) is 3.90. The van der Waals surface area contributed by atoms with Crippen molar-refractivity contribution in [3.63, 3.8) is 0 Å². The number of thiophene rings is 1. The van der Waals surface area contributed by atoms with Gasteiger partial charge in [0.2, 0.25) is 0 Å². The largest absolute Gasteiger partial charge is 0.759 e. The monoisotopic (exact) mass is 331 g/mol. The van der Waals surface area contributed by atoms with Crippen molar-refractivity contribution >= 4 is 45.8 Å². The molecule has 2 aromatic heterocycles. The normalized spacial score (nSPS) is 14.3. The van der Waals surface area contributed by atoms with E-state index in [1.54, 1.807) is 11.3 Å². The van der Waals surface area contributed by atoms with E-state index in [0.717, 1.165) is 28.6 Å². The van der Waals surface area contributed by atoms with Gasteiger partial charge in [0.25, 0.3) is 0 Å². The highest BCUT2D eigenvalue weighted by atomic mass is 35.5. The van der Waals surface area contributed by atoms with Crippen LogP contribution in [0.25, 0.3) is 21.6 Å². The zero-order valence-corrected chi connectivity index (χ0v) is 13.6. The Balaban J connectivity index is 1.96. The average Bonchev–Trinajstić information content (AvgIpc) is 2.86. The molecule has 2 heterocycles. The van der Waals surface area contributed by atoms with E-state index in [0.29, 0.717) is 15.9 Å².